The standard InChI is InChI=1S/C12H20N2O4/c1-8(2)6-14-7-9(4-10(14)15)12(17)13-5-11(16)18-3/h8-9H,4-7H2,1-3H3,(H,13,17)/t9-/m0/s1. The average Bonchev–Trinajstić information content (AvgIpc) is 2.66. The van der Waals surface area contributed by atoms with Gasteiger partial charge in [0.2, 0.25) is 11.8 Å². The molecular formula is C12H20N2O4. The Hall–Kier alpha value is -1.59. The zero-order valence-electron chi connectivity index (χ0n) is 11.1. The van der Waals surface area contributed by atoms with Gasteiger partial charge in [0.25, 0.3) is 0 Å². The van der Waals surface area contributed by atoms with Crippen LogP contribution in [0.5, 0.6) is 0 Å². The van der Waals surface area contributed by atoms with Gasteiger partial charge in [0, 0.05) is 19.5 Å². The van der Waals surface area contributed by atoms with Gasteiger partial charge in [-0.15, -0.1) is 0 Å². The Labute approximate surface area is 107 Å². The first kappa shape index (κ1) is 14.5. The number of nitrogens with one attached hydrogen (secondary N) is 1. The number of likely N-dealkylation sites (tertiary alicyclic amines) is 1. The molecule has 0 aromatic heterocycles. The molecule has 0 bridgehead atoms. The number of amides is 2. The van der Waals surface area contributed by atoms with Crippen LogP contribution in [0.3, 0.4) is 0 Å². The van der Waals surface area contributed by atoms with Crippen molar-refractivity contribution in [1.82, 2.24) is 10.2 Å². The molecule has 1 N–H and O–H groups in total. The van der Waals surface area contributed by atoms with Gasteiger partial charge in [-0.2, -0.15) is 0 Å². The number of hydrogen-bond acceptors (Lipinski definition) is 4. The summed E-state index contributed by atoms with van der Waals surface area (Å²) in [6.45, 7) is 5.00. The fourth-order valence-corrected chi connectivity index (χ4v) is 1.94. The Morgan fingerprint density at radius 1 is 1.50 bits per heavy atom. The summed E-state index contributed by atoms with van der Waals surface area (Å²) in [5.74, 6) is -0.736. The second kappa shape index (κ2) is 6.37. The van der Waals surface area contributed by atoms with Crippen molar-refractivity contribution in [2.75, 3.05) is 26.7 Å². The van der Waals surface area contributed by atoms with Crippen LogP contribution in [-0.2, 0) is 19.1 Å². The molecule has 0 aliphatic carbocycles. The lowest BCUT2D eigenvalue weighted by atomic mass is 10.1. The maximum Gasteiger partial charge on any atom is 0.325 e. The number of ether oxygens (including phenoxy) is 1. The minimum absolute atomic E-state index is 0.00178. The first-order valence-electron chi connectivity index (χ1n) is 6.06. The molecule has 18 heavy (non-hydrogen) atoms. The van der Waals surface area contributed by atoms with Crippen LogP contribution in [-0.4, -0.2) is 49.4 Å². The topological polar surface area (TPSA) is 75.7 Å². The van der Waals surface area contributed by atoms with Crippen molar-refractivity contribution in [2.45, 2.75) is 20.3 Å². The van der Waals surface area contributed by atoms with Crippen LogP contribution < -0.4 is 5.32 Å². The van der Waals surface area contributed by atoms with Gasteiger partial charge in [-0.05, 0) is 5.92 Å². The predicted molar refractivity (Wildman–Crippen MR) is 64.6 cm³/mol. The number of nitrogens with zero attached hydrogens (tertiary/aromatic N) is 1. The third-order valence-corrected chi connectivity index (χ3v) is 2.81. The molecule has 0 unspecified atom stereocenters. The van der Waals surface area contributed by atoms with Crippen LogP contribution in [0.1, 0.15) is 20.3 Å². The largest absolute Gasteiger partial charge is 0.468 e. The van der Waals surface area contributed by atoms with Gasteiger partial charge < -0.3 is 15.0 Å². The highest BCUT2D eigenvalue weighted by molar-refractivity contribution is 5.90. The lowest BCUT2D eigenvalue weighted by Gasteiger charge is -2.18. The zero-order valence-corrected chi connectivity index (χ0v) is 11.1. The van der Waals surface area contributed by atoms with Crippen LogP contribution in [0.4, 0.5) is 0 Å². The fraction of sp³-hybridized carbons (Fsp3) is 0.750. The number of carbonyl (C=O) groups excluding carboxylic acids is 3. The van der Waals surface area contributed by atoms with Crippen molar-refractivity contribution >= 4 is 17.8 Å². The molecule has 0 aromatic carbocycles. The van der Waals surface area contributed by atoms with Crippen molar-refractivity contribution in [2.24, 2.45) is 11.8 Å². The van der Waals surface area contributed by atoms with E-state index in [2.05, 4.69) is 10.1 Å². The van der Waals surface area contributed by atoms with E-state index >= 15 is 0 Å². The first-order valence-corrected chi connectivity index (χ1v) is 6.06. The molecule has 6 heteroatoms. The minimum atomic E-state index is -0.494. The summed E-state index contributed by atoms with van der Waals surface area (Å²) in [6.07, 6.45) is 0.222. The van der Waals surface area contributed by atoms with Crippen LogP contribution in [0.25, 0.3) is 0 Å². The lowest BCUT2D eigenvalue weighted by molar-refractivity contribution is -0.141. The Morgan fingerprint density at radius 3 is 2.72 bits per heavy atom. The second-order valence-corrected chi connectivity index (χ2v) is 4.89. The highest BCUT2D eigenvalue weighted by Crippen LogP contribution is 2.18. The van der Waals surface area contributed by atoms with E-state index in [0.29, 0.717) is 19.0 Å². The van der Waals surface area contributed by atoms with E-state index in [0.717, 1.165) is 0 Å². The van der Waals surface area contributed by atoms with Crippen molar-refractivity contribution in [3.63, 3.8) is 0 Å². The van der Waals surface area contributed by atoms with Gasteiger partial charge in [0.15, 0.2) is 0 Å². The number of rotatable bonds is 5. The van der Waals surface area contributed by atoms with E-state index in [1.165, 1.54) is 7.11 Å². The van der Waals surface area contributed by atoms with Crippen LogP contribution in [0, 0.1) is 11.8 Å². The third kappa shape index (κ3) is 4.01. The molecule has 0 radical (unpaired) electrons. The molecule has 1 aliphatic heterocycles. The van der Waals surface area contributed by atoms with Crippen LogP contribution in [0.15, 0.2) is 0 Å². The van der Waals surface area contributed by atoms with Gasteiger partial charge in [-0.3, -0.25) is 14.4 Å². The summed E-state index contributed by atoms with van der Waals surface area (Å²) in [6, 6.07) is 0. The molecule has 102 valence electrons. The molecule has 1 fully saturated rings. The molecule has 6 nitrogen and oxygen atoms in total. The van der Waals surface area contributed by atoms with Gasteiger partial charge in [0.1, 0.15) is 6.54 Å². The van der Waals surface area contributed by atoms with E-state index in [1.54, 1.807) is 4.90 Å². The summed E-state index contributed by atoms with van der Waals surface area (Å²) >= 11 is 0. The summed E-state index contributed by atoms with van der Waals surface area (Å²) in [5.41, 5.74) is 0. The molecule has 0 aromatic rings. The third-order valence-electron chi connectivity index (χ3n) is 2.81. The van der Waals surface area contributed by atoms with Crippen molar-refractivity contribution in [1.29, 1.82) is 0 Å². The Morgan fingerprint density at radius 2 is 2.17 bits per heavy atom. The van der Waals surface area contributed by atoms with Crippen LogP contribution in [0.2, 0.25) is 0 Å². The molecule has 0 spiro atoms. The molecule has 0 saturated carbocycles. The maximum atomic E-state index is 11.7. The van der Waals surface area contributed by atoms with Gasteiger partial charge in [0.05, 0.1) is 13.0 Å². The Bertz CT molecular complexity index is 341. The molecule has 2 amide bonds. The summed E-state index contributed by atoms with van der Waals surface area (Å²) in [5, 5.41) is 2.48. The van der Waals surface area contributed by atoms with E-state index in [-0.39, 0.29) is 30.7 Å². The molecule has 1 rings (SSSR count). The van der Waals surface area contributed by atoms with Gasteiger partial charge >= 0.3 is 5.97 Å². The monoisotopic (exact) mass is 256 g/mol. The first-order chi connectivity index (χ1) is 8.43. The summed E-state index contributed by atoms with van der Waals surface area (Å²) in [7, 11) is 1.26. The summed E-state index contributed by atoms with van der Waals surface area (Å²) < 4.78 is 4.43. The van der Waals surface area contributed by atoms with Gasteiger partial charge in [-0.1, -0.05) is 13.8 Å². The van der Waals surface area contributed by atoms with Crippen molar-refractivity contribution in [3.05, 3.63) is 0 Å². The van der Waals surface area contributed by atoms with E-state index < -0.39 is 5.97 Å². The maximum absolute atomic E-state index is 11.7. The fourth-order valence-electron chi connectivity index (χ4n) is 1.94. The highest BCUT2D eigenvalue weighted by Gasteiger charge is 2.34. The normalized spacial score (nSPS) is 19.2. The molecule has 1 aliphatic rings. The number of hydrogen-bond donors (Lipinski definition) is 1. The summed E-state index contributed by atoms with van der Waals surface area (Å²) in [4.78, 5) is 36.0. The van der Waals surface area contributed by atoms with E-state index in [9.17, 15) is 14.4 Å². The number of esters is 1. The highest BCUT2D eigenvalue weighted by atomic mass is 16.5. The number of methoxy groups -OCH3 is 1. The molecule has 1 atom stereocenters. The SMILES string of the molecule is COC(=O)CNC(=O)[C@H]1CC(=O)N(CC(C)C)C1. The lowest BCUT2D eigenvalue weighted by Crippen LogP contribution is -2.36. The number of carbonyl (C=O) groups is 3. The zero-order chi connectivity index (χ0) is 13.7. The Balaban J connectivity index is 2.42. The van der Waals surface area contributed by atoms with E-state index in [1.807, 2.05) is 13.8 Å². The smallest absolute Gasteiger partial charge is 0.325 e. The van der Waals surface area contributed by atoms with Crippen molar-refractivity contribution in [3.8, 4) is 0 Å². The molecule has 1 saturated heterocycles. The quantitative estimate of drug-likeness (QED) is 0.690. The predicted octanol–water partition coefficient (Wildman–Crippen LogP) is -0.220. The van der Waals surface area contributed by atoms with Crippen LogP contribution >= 0.6 is 0 Å². The van der Waals surface area contributed by atoms with Gasteiger partial charge in [-0.25, -0.2) is 0 Å². The molecular weight excluding hydrogens is 236 g/mol. The minimum Gasteiger partial charge on any atom is -0.468 e. The average molecular weight is 256 g/mol. The van der Waals surface area contributed by atoms with E-state index in [4.69, 9.17) is 0 Å². The molecule has 1 heterocycles. The second-order valence-electron chi connectivity index (χ2n) is 4.89. The Kier molecular flexibility index (Phi) is 5.12. The van der Waals surface area contributed by atoms with Crippen molar-refractivity contribution < 1.29 is 19.1 Å².